The number of nitrogens with zero attached hydrogens (tertiary/aromatic N) is 1. The molecule has 0 saturated carbocycles. The van der Waals surface area contributed by atoms with Gasteiger partial charge in [-0.25, -0.2) is 0 Å². The molecule has 1 aliphatic rings. The van der Waals surface area contributed by atoms with Gasteiger partial charge in [-0.15, -0.1) is 6.42 Å². The molecular formula is C12H18N2O. The van der Waals surface area contributed by atoms with Gasteiger partial charge in [0.25, 0.3) is 0 Å². The molecule has 0 radical (unpaired) electrons. The lowest BCUT2D eigenvalue weighted by Crippen LogP contribution is -2.51. The molecule has 2 unspecified atom stereocenters. The molecule has 2 atom stereocenters. The molecule has 3 nitrogen and oxygen atoms in total. The van der Waals surface area contributed by atoms with E-state index in [0.717, 1.165) is 25.7 Å². The van der Waals surface area contributed by atoms with Crippen molar-refractivity contribution in [1.82, 2.24) is 5.32 Å². The summed E-state index contributed by atoms with van der Waals surface area (Å²) in [5, 5.41) is 12.4. The predicted octanol–water partition coefficient (Wildman–Crippen LogP) is 1.45. The first kappa shape index (κ1) is 12.0. The van der Waals surface area contributed by atoms with Gasteiger partial charge >= 0.3 is 0 Å². The van der Waals surface area contributed by atoms with E-state index in [1.165, 1.54) is 0 Å². The van der Waals surface area contributed by atoms with E-state index in [-0.39, 0.29) is 6.10 Å². The summed E-state index contributed by atoms with van der Waals surface area (Å²) in [6.07, 6.45) is 8.98. The summed E-state index contributed by atoms with van der Waals surface area (Å²) < 4.78 is 5.61. The van der Waals surface area contributed by atoms with Crippen LogP contribution < -0.4 is 5.32 Å². The van der Waals surface area contributed by atoms with Gasteiger partial charge in [-0.05, 0) is 6.42 Å². The smallest absolute Gasteiger partial charge is 0.112 e. The lowest BCUT2D eigenvalue weighted by atomic mass is 9.86. The van der Waals surface area contributed by atoms with Crippen LogP contribution in [0.5, 0.6) is 0 Å². The Morgan fingerprint density at radius 2 is 2.47 bits per heavy atom. The van der Waals surface area contributed by atoms with Crippen molar-refractivity contribution in [2.45, 2.75) is 44.2 Å². The van der Waals surface area contributed by atoms with Gasteiger partial charge in [-0.3, -0.25) is 5.32 Å². The molecule has 3 heteroatoms. The summed E-state index contributed by atoms with van der Waals surface area (Å²) in [6, 6.07) is 2.35. The molecule has 0 aromatic carbocycles. The number of nitriles is 1. The maximum Gasteiger partial charge on any atom is 0.112 e. The third-order valence-electron chi connectivity index (χ3n) is 2.81. The second-order valence-electron chi connectivity index (χ2n) is 3.99. The molecule has 0 aromatic heterocycles. The second kappa shape index (κ2) is 5.75. The van der Waals surface area contributed by atoms with Crippen LogP contribution in [0.1, 0.15) is 32.6 Å². The topological polar surface area (TPSA) is 45.0 Å². The summed E-state index contributed by atoms with van der Waals surface area (Å²) in [5.41, 5.74) is -0.468. The highest BCUT2D eigenvalue weighted by Crippen LogP contribution is 2.26. The molecule has 1 N–H and O–H groups in total. The van der Waals surface area contributed by atoms with Crippen molar-refractivity contribution in [3.8, 4) is 18.4 Å². The molecule has 1 saturated heterocycles. The highest BCUT2D eigenvalue weighted by atomic mass is 16.5. The van der Waals surface area contributed by atoms with Crippen molar-refractivity contribution in [2.75, 3.05) is 13.2 Å². The van der Waals surface area contributed by atoms with Crippen LogP contribution in [0.25, 0.3) is 0 Å². The molecule has 0 bridgehead atoms. The predicted molar refractivity (Wildman–Crippen MR) is 59.1 cm³/mol. The van der Waals surface area contributed by atoms with Gasteiger partial charge in [0.1, 0.15) is 5.54 Å². The van der Waals surface area contributed by atoms with Crippen LogP contribution in [-0.4, -0.2) is 24.8 Å². The standard InChI is InChI=1S/C12H18N2O/c1-3-5-11-9-12(10-13,6-8-15-11)14-7-4-2/h2,11,14H,3,5-9H2,1H3. The lowest BCUT2D eigenvalue weighted by Gasteiger charge is -2.36. The van der Waals surface area contributed by atoms with Crippen LogP contribution >= 0.6 is 0 Å². The molecular weight excluding hydrogens is 188 g/mol. The summed E-state index contributed by atoms with van der Waals surface area (Å²) >= 11 is 0. The molecule has 15 heavy (non-hydrogen) atoms. The van der Waals surface area contributed by atoms with Crippen LogP contribution in [0.15, 0.2) is 0 Å². The van der Waals surface area contributed by atoms with Crippen LogP contribution in [0.4, 0.5) is 0 Å². The number of rotatable bonds is 4. The van der Waals surface area contributed by atoms with Gasteiger partial charge < -0.3 is 4.74 Å². The first-order valence-electron chi connectivity index (χ1n) is 5.47. The second-order valence-corrected chi connectivity index (χ2v) is 3.99. The van der Waals surface area contributed by atoms with Gasteiger partial charge in [-0.2, -0.15) is 5.26 Å². The molecule has 0 aromatic rings. The Morgan fingerprint density at radius 1 is 1.67 bits per heavy atom. The van der Waals surface area contributed by atoms with E-state index >= 15 is 0 Å². The third-order valence-corrected chi connectivity index (χ3v) is 2.81. The zero-order valence-corrected chi connectivity index (χ0v) is 9.25. The number of ether oxygens (including phenoxy) is 1. The van der Waals surface area contributed by atoms with E-state index in [1.807, 2.05) is 0 Å². The van der Waals surface area contributed by atoms with Crippen LogP contribution in [0, 0.1) is 23.7 Å². The van der Waals surface area contributed by atoms with Gasteiger partial charge in [0, 0.05) is 19.4 Å². The Bertz CT molecular complexity index is 274. The monoisotopic (exact) mass is 206 g/mol. The van der Waals surface area contributed by atoms with Gasteiger partial charge in [0.15, 0.2) is 0 Å². The average Bonchev–Trinajstić information content (AvgIpc) is 2.27. The fourth-order valence-electron chi connectivity index (χ4n) is 1.98. The van der Waals surface area contributed by atoms with E-state index in [9.17, 15) is 5.26 Å². The van der Waals surface area contributed by atoms with Crippen molar-refractivity contribution in [3.63, 3.8) is 0 Å². The van der Waals surface area contributed by atoms with E-state index in [1.54, 1.807) is 0 Å². The number of hydrogen-bond donors (Lipinski definition) is 1. The minimum Gasteiger partial charge on any atom is -0.378 e. The Labute approximate surface area is 91.8 Å². The quantitative estimate of drug-likeness (QED) is 0.708. The Morgan fingerprint density at radius 3 is 3.07 bits per heavy atom. The van der Waals surface area contributed by atoms with Gasteiger partial charge in [0.05, 0.1) is 18.7 Å². The Balaban J connectivity index is 2.57. The average molecular weight is 206 g/mol. The van der Waals surface area contributed by atoms with E-state index in [2.05, 4.69) is 24.2 Å². The summed E-state index contributed by atoms with van der Waals surface area (Å²) in [7, 11) is 0. The van der Waals surface area contributed by atoms with Crippen molar-refractivity contribution < 1.29 is 4.74 Å². The fourth-order valence-corrected chi connectivity index (χ4v) is 1.98. The maximum absolute atomic E-state index is 9.22. The summed E-state index contributed by atoms with van der Waals surface area (Å²) in [4.78, 5) is 0. The van der Waals surface area contributed by atoms with Crippen LogP contribution in [0.2, 0.25) is 0 Å². The number of hydrogen-bond acceptors (Lipinski definition) is 3. The molecule has 1 fully saturated rings. The fraction of sp³-hybridized carbons (Fsp3) is 0.750. The van der Waals surface area contributed by atoms with Gasteiger partial charge in [-0.1, -0.05) is 19.3 Å². The highest BCUT2D eigenvalue weighted by Gasteiger charge is 2.36. The molecule has 0 spiro atoms. The molecule has 1 rings (SSSR count). The SMILES string of the molecule is C#CCNC1(C#N)CCOC(CCC)C1. The molecule has 1 heterocycles. The molecule has 82 valence electrons. The van der Waals surface area contributed by atoms with Crippen molar-refractivity contribution in [3.05, 3.63) is 0 Å². The zero-order valence-electron chi connectivity index (χ0n) is 9.25. The van der Waals surface area contributed by atoms with Crippen molar-refractivity contribution >= 4 is 0 Å². The number of nitrogens with one attached hydrogen (secondary N) is 1. The first-order valence-corrected chi connectivity index (χ1v) is 5.47. The lowest BCUT2D eigenvalue weighted by molar-refractivity contribution is -0.0177. The van der Waals surface area contributed by atoms with Gasteiger partial charge in [0.2, 0.25) is 0 Å². The normalized spacial score (nSPS) is 30.5. The van der Waals surface area contributed by atoms with E-state index in [4.69, 9.17) is 11.2 Å². The van der Waals surface area contributed by atoms with Crippen LogP contribution in [0.3, 0.4) is 0 Å². The van der Waals surface area contributed by atoms with Crippen LogP contribution in [-0.2, 0) is 4.74 Å². The maximum atomic E-state index is 9.22. The summed E-state index contributed by atoms with van der Waals surface area (Å²) in [5.74, 6) is 2.52. The zero-order chi connectivity index (χ0) is 11.1. The molecule has 1 aliphatic heterocycles. The van der Waals surface area contributed by atoms with Crippen molar-refractivity contribution in [1.29, 1.82) is 5.26 Å². The summed E-state index contributed by atoms with van der Waals surface area (Å²) in [6.45, 7) is 3.23. The molecule has 0 aliphatic carbocycles. The van der Waals surface area contributed by atoms with Crippen molar-refractivity contribution in [2.24, 2.45) is 0 Å². The van der Waals surface area contributed by atoms with E-state index in [0.29, 0.717) is 13.2 Å². The largest absolute Gasteiger partial charge is 0.378 e. The molecule has 0 amide bonds. The third kappa shape index (κ3) is 3.23. The Hall–Kier alpha value is -1.03. The first-order chi connectivity index (χ1) is 7.26. The number of terminal acetylenes is 1. The minimum atomic E-state index is -0.468. The highest BCUT2D eigenvalue weighted by molar-refractivity contribution is 5.11. The van der Waals surface area contributed by atoms with E-state index < -0.39 is 5.54 Å². The minimum absolute atomic E-state index is 0.202. The Kier molecular flexibility index (Phi) is 4.62.